The van der Waals surface area contributed by atoms with Crippen molar-refractivity contribution in [1.29, 1.82) is 0 Å². The molecule has 124 valence electrons. The zero-order valence-electron chi connectivity index (χ0n) is 13.2. The number of nitrogens with two attached hydrogens (primary N) is 1. The maximum absolute atomic E-state index is 12.1. The van der Waals surface area contributed by atoms with Gasteiger partial charge in [-0.3, -0.25) is 4.79 Å². The summed E-state index contributed by atoms with van der Waals surface area (Å²) in [7, 11) is 0. The quantitative estimate of drug-likeness (QED) is 0.391. The zero-order valence-corrected chi connectivity index (χ0v) is 13.2. The molecule has 7 heteroatoms. The Kier molecular flexibility index (Phi) is 3.75. The van der Waals surface area contributed by atoms with Gasteiger partial charge in [0.25, 0.3) is 5.56 Å². The summed E-state index contributed by atoms with van der Waals surface area (Å²) in [4.78, 5) is 23.7. The summed E-state index contributed by atoms with van der Waals surface area (Å²) in [6.07, 6.45) is 0. The molecule has 4 rings (SSSR count). The number of nitrogens with one attached hydrogen (secondary N) is 2. The number of nitrogen functional groups attached to an aromatic ring is 1. The van der Waals surface area contributed by atoms with E-state index in [1.54, 1.807) is 24.3 Å². The smallest absolute Gasteiger partial charge is 0.258 e. The van der Waals surface area contributed by atoms with Crippen LogP contribution in [0.15, 0.2) is 59.4 Å². The summed E-state index contributed by atoms with van der Waals surface area (Å²) in [6, 6.07) is 16.5. The first kappa shape index (κ1) is 15.1. The van der Waals surface area contributed by atoms with Crippen LogP contribution < -0.4 is 21.6 Å². The fourth-order valence-electron chi connectivity index (χ4n) is 2.67. The third kappa shape index (κ3) is 2.88. The lowest BCUT2D eigenvalue weighted by atomic mass is 10.2. The van der Waals surface area contributed by atoms with Gasteiger partial charge in [-0.25, -0.2) is 15.8 Å². The summed E-state index contributed by atoms with van der Waals surface area (Å²) < 4.78 is 5.85. The Bertz CT molecular complexity index is 1120. The Morgan fingerprint density at radius 2 is 1.92 bits per heavy atom. The molecule has 0 atom stereocenters. The van der Waals surface area contributed by atoms with E-state index < -0.39 is 0 Å². The van der Waals surface area contributed by atoms with Crippen molar-refractivity contribution < 1.29 is 4.74 Å². The van der Waals surface area contributed by atoms with Crippen molar-refractivity contribution >= 4 is 27.6 Å². The van der Waals surface area contributed by atoms with E-state index in [0.717, 1.165) is 5.39 Å². The minimum atomic E-state index is -0.185. The highest BCUT2D eigenvalue weighted by Gasteiger charge is 2.08. The number of benzene rings is 2. The van der Waals surface area contributed by atoms with Crippen LogP contribution in [-0.4, -0.2) is 15.0 Å². The Balaban J connectivity index is 1.67. The summed E-state index contributed by atoms with van der Waals surface area (Å²) in [5.41, 5.74) is 3.65. The minimum absolute atomic E-state index is 0.126. The number of hydrazine groups is 1. The molecule has 0 saturated carbocycles. The first-order chi connectivity index (χ1) is 12.2. The number of rotatable bonds is 4. The number of para-hydroxylation sites is 2. The summed E-state index contributed by atoms with van der Waals surface area (Å²) in [5.74, 6) is 7.01. The normalized spacial score (nSPS) is 10.9. The topological polar surface area (TPSA) is 106 Å². The highest BCUT2D eigenvalue weighted by Crippen LogP contribution is 2.25. The standard InChI is InChI=1S/C18H15N5O2/c19-23-15-9-8-11-4-3-7-14(17(11)21-15)25-10-16-20-13-6-2-1-5-12(13)18(24)22-16/h1-9H,10,19H2,(H,21,23)(H,20,22,24). The summed E-state index contributed by atoms with van der Waals surface area (Å²) >= 11 is 0. The molecule has 2 aromatic heterocycles. The number of anilines is 1. The van der Waals surface area contributed by atoms with Crippen LogP contribution in [-0.2, 0) is 6.61 Å². The van der Waals surface area contributed by atoms with Crippen molar-refractivity contribution in [2.24, 2.45) is 5.84 Å². The molecular formula is C18H15N5O2. The lowest BCUT2D eigenvalue weighted by molar-refractivity contribution is 0.299. The number of H-pyrrole nitrogens is 1. The number of aromatic amines is 1. The highest BCUT2D eigenvalue weighted by molar-refractivity contribution is 5.85. The Morgan fingerprint density at radius 3 is 2.80 bits per heavy atom. The molecule has 0 bridgehead atoms. The molecule has 2 heterocycles. The predicted molar refractivity (Wildman–Crippen MR) is 96.2 cm³/mol. The molecule has 0 aliphatic rings. The lowest BCUT2D eigenvalue weighted by Crippen LogP contribution is -2.13. The van der Waals surface area contributed by atoms with E-state index >= 15 is 0 Å². The second-order valence-corrected chi connectivity index (χ2v) is 5.49. The third-order valence-corrected chi connectivity index (χ3v) is 3.86. The van der Waals surface area contributed by atoms with E-state index in [9.17, 15) is 4.79 Å². The molecule has 0 saturated heterocycles. The van der Waals surface area contributed by atoms with Crippen LogP contribution in [0.4, 0.5) is 5.82 Å². The number of hydrogen-bond donors (Lipinski definition) is 3. The molecule has 7 nitrogen and oxygen atoms in total. The second kappa shape index (κ2) is 6.21. The molecule has 0 radical (unpaired) electrons. The van der Waals surface area contributed by atoms with Crippen molar-refractivity contribution in [3.63, 3.8) is 0 Å². The van der Waals surface area contributed by atoms with Gasteiger partial charge in [0, 0.05) is 5.39 Å². The number of aromatic nitrogens is 3. The molecule has 0 aliphatic carbocycles. The monoisotopic (exact) mass is 333 g/mol. The molecule has 0 unspecified atom stereocenters. The molecule has 4 N–H and O–H groups in total. The van der Waals surface area contributed by atoms with E-state index in [2.05, 4.69) is 20.4 Å². The van der Waals surface area contributed by atoms with Gasteiger partial charge in [0.1, 0.15) is 29.5 Å². The molecule has 25 heavy (non-hydrogen) atoms. The molecule has 4 aromatic rings. The first-order valence-electron chi connectivity index (χ1n) is 7.72. The molecule has 0 fully saturated rings. The molecule has 2 aromatic carbocycles. The maximum Gasteiger partial charge on any atom is 0.258 e. The van der Waals surface area contributed by atoms with Gasteiger partial charge < -0.3 is 15.1 Å². The fourth-order valence-corrected chi connectivity index (χ4v) is 2.67. The Labute approximate surface area is 142 Å². The van der Waals surface area contributed by atoms with Crippen molar-refractivity contribution in [3.8, 4) is 5.75 Å². The number of nitrogens with zero attached hydrogens (tertiary/aromatic N) is 2. The summed E-state index contributed by atoms with van der Waals surface area (Å²) in [6.45, 7) is 0.126. The first-order valence-corrected chi connectivity index (χ1v) is 7.72. The van der Waals surface area contributed by atoms with Gasteiger partial charge in [0.15, 0.2) is 0 Å². The van der Waals surface area contributed by atoms with Crippen molar-refractivity contribution in [3.05, 3.63) is 70.8 Å². The van der Waals surface area contributed by atoms with Gasteiger partial charge in [0.05, 0.1) is 10.9 Å². The van der Waals surface area contributed by atoms with Gasteiger partial charge in [-0.2, -0.15) is 0 Å². The molecular weight excluding hydrogens is 318 g/mol. The van der Waals surface area contributed by atoms with Crippen LogP contribution in [0.25, 0.3) is 21.8 Å². The highest BCUT2D eigenvalue weighted by atomic mass is 16.5. The average molecular weight is 333 g/mol. The van der Waals surface area contributed by atoms with Crippen LogP contribution in [0.3, 0.4) is 0 Å². The van der Waals surface area contributed by atoms with Gasteiger partial charge in [0.2, 0.25) is 0 Å². The number of ether oxygens (including phenoxy) is 1. The Hall–Kier alpha value is -3.45. The van der Waals surface area contributed by atoms with Crippen molar-refractivity contribution in [1.82, 2.24) is 15.0 Å². The van der Waals surface area contributed by atoms with Crippen LogP contribution in [0.2, 0.25) is 0 Å². The van der Waals surface area contributed by atoms with Crippen LogP contribution in [0.1, 0.15) is 5.82 Å². The van der Waals surface area contributed by atoms with Gasteiger partial charge >= 0.3 is 0 Å². The maximum atomic E-state index is 12.1. The van der Waals surface area contributed by atoms with E-state index in [1.807, 2.05) is 30.3 Å². The fraction of sp³-hybridized carbons (Fsp3) is 0.0556. The van der Waals surface area contributed by atoms with Gasteiger partial charge in [-0.05, 0) is 30.3 Å². The largest absolute Gasteiger partial charge is 0.483 e. The summed E-state index contributed by atoms with van der Waals surface area (Å²) in [5, 5.41) is 1.48. The number of hydrogen-bond acceptors (Lipinski definition) is 6. The Morgan fingerprint density at radius 1 is 1.04 bits per heavy atom. The lowest BCUT2D eigenvalue weighted by Gasteiger charge is -2.10. The van der Waals surface area contributed by atoms with Crippen molar-refractivity contribution in [2.45, 2.75) is 6.61 Å². The minimum Gasteiger partial charge on any atom is -0.483 e. The SMILES string of the molecule is NNc1ccc2cccc(OCc3nc4ccccc4c(=O)[nH]3)c2n1. The molecule has 0 spiro atoms. The van der Waals surface area contributed by atoms with E-state index in [0.29, 0.717) is 33.8 Å². The van der Waals surface area contributed by atoms with E-state index in [-0.39, 0.29) is 12.2 Å². The molecule has 0 amide bonds. The van der Waals surface area contributed by atoms with E-state index in [1.165, 1.54) is 0 Å². The number of pyridine rings is 1. The average Bonchev–Trinajstić information content (AvgIpc) is 2.66. The van der Waals surface area contributed by atoms with Crippen LogP contribution in [0.5, 0.6) is 5.75 Å². The third-order valence-electron chi connectivity index (χ3n) is 3.86. The second-order valence-electron chi connectivity index (χ2n) is 5.49. The van der Waals surface area contributed by atoms with Crippen molar-refractivity contribution in [2.75, 3.05) is 5.43 Å². The molecule has 0 aliphatic heterocycles. The van der Waals surface area contributed by atoms with E-state index in [4.69, 9.17) is 10.6 Å². The number of fused-ring (bicyclic) bond motifs is 2. The predicted octanol–water partition coefficient (Wildman–Crippen LogP) is 2.34. The zero-order chi connectivity index (χ0) is 17.2. The van der Waals surface area contributed by atoms with Crippen LogP contribution >= 0.6 is 0 Å². The van der Waals surface area contributed by atoms with Gasteiger partial charge in [-0.15, -0.1) is 0 Å². The van der Waals surface area contributed by atoms with Gasteiger partial charge in [-0.1, -0.05) is 24.3 Å². The van der Waals surface area contributed by atoms with Crippen LogP contribution in [0, 0.1) is 0 Å².